The molecular formula is C15H29NO2S. The molecule has 0 aromatic carbocycles. The number of aliphatic hydroxyl groups is 1. The van der Waals surface area contributed by atoms with Gasteiger partial charge in [-0.05, 0) is 38.1 Å². The number of rotatable bonds is 6. The second kappa shape index (κ2) is 6.79. The van der Waals surface area contributed by atoms with Gasteiger partial charge in [0.15, 0.2) is 0 Å². The SMILES string of the molecule is CCO[C@H]1C[C@@H](O)C12CCN(CCSC(C)C)CC2. The fourth-order valence-electron chi connectivity index (χ4n) is 3.43. The van der Waals surface area contributed by atoms with E-state index < -0.39 is 0 Å². The normalized spacial score (nSPS) is 30.8. The lowest BCUT2D eigenvalue weighted by atomic mass is 9.58. The molecule has 19 heavy (non-hydrogen) atoms. The van der Waals surface area contributed by atoms with Crippen LogP contribution in [0.25, 0.3) is 0 Å². The van der Waals surface area contributed by atoms with E-state index in [4.69, 9.17) is 4.74 Å². The number of thioether (sulfide) groups is 1. The second-order valence-corrected chi connectivity index (χ2v) is 7.87. The molecule has 1 N–H and O–H groups in total. The second-order valence-electron chi connectivity index (χ2n) is 6.19. The fraction of sp³-hybridized carbons (Fsp3) is 1.00. The summed E-state index contributed by atoms with van der Waals surface area (Å²) in [5.41, 5.74) is 0.0811. The van der Waals surface area contributed by atoms with Crippen LogP contribution in [-0.2, 0) is 4.74 Å². The zero-order chi connectivity index (χ0) is 13.9. The summed E-state index contributed by atoms with van der Waals surface area (Å²) in [6.07, 6.45) is 3.23. The first kappa shape index (κ1) is 15.6. The van der Waals surface area contributed by atoms with Gasteiger partial charge in [0.05, 0.1) is 12.2 Å². The number of nitrogens with zero attached hydrogens (tertiary/aromatic N) is 1. The van der Waals surface area contributed by atoms with Crippen molar-refractivity contribution in [1.82, 2.24) is 4.90 Å². The number of ether oxygens (including phenoxy) is 1. The average molecular weight is 287 g/mol. The largest absolute Gasteiger partial charge is 0.392 e. The van der Waals surface area contributed by atoms with Crippen LogP contribution < -0.4 is 0 Å². The maximum atomic E-state index is 10.2. The minimum atomic E-state index is -0.128. The van der Waals surface area contributed by atoms with Gasteiger partial charge in [-0.1, -0.05) is 13.8 Å². The molecule has 0 aromatic rings. The molecule has 1 heterocycles. The van der Waals surface area contributed by atoms with Gasteiger partial charge in [0.25, 0.3) is 0 Å². The summed E-state index contributed by atoms with van der Waals surface area (Å²) in [4.78, 5) is 2.55. The van der Waals surface area contributed by atoms with E-state index in [0.29, 0.717) is 6.10 Å². The Morgan fingerprint density at radius 2 is 2.05 bits per heavy atom. The van der Waals surface area contributed by atoms with Crippen LogP contribution in [0.2, 0.25) is 0 Å². The standard InChI is InChI=1S/C15H29NO2S/c1-4-18-14-11-13(17)15(14)5-7-16(8-6-15)9-10-19-12(2)3/h12-14,17H,4-11H2,1-3H3/t13-,14+/m1/s1. The van der Waals surface area contributed by atoms with E-state index in [0.717, 1.165) is 44.2 Å². The molecule has 1 aliphatic heterocycles. The van der Waals surface area contributed by atoms with Gasteiger partial charge in [0, 0.05) is 30.7 Å². The van der Waals surface area contributed by atoms with Gasteiger partial charge in [-0.15, -0.1) is 0 Å². The first-order chi connectivity index (χ1) is 9.08. The molecule has 0 radical (unpaired) electrons. The van der Waals surface area contributed by atoms with Crippen LogP contribution in [0.5, 0.6) is 0 Å². The minimum Gasteiger partial charge on any atom is -0.392 e. The maximum Gasteiger partial charge on any atom is 0.0681 e. The van der Waals surface area contributed by atoms with Crippen molar-refractivity contribution in [3.05, 3.63) is 0 Å². The third-order valence-corrected chi connectivity index (χ3v) is 5.84. The molecule has 1 saturated heterocycles. The Morgan fingerprint density at radius 3 is 2.58 bits per heavy atom. The first-order valence-electron chi connectivity index (χ1n) is 7.72. The minimum absolute atomic E-state index is 0.0811. The number of likely N-dealkylation sites (tertiary alicyclic amines) is 1. The molecule has 0 amide bonds. The van der Waals surface area contributed by atoms with Crippen molar-refractivity contribution in [3.8, 4) is 0 Å². The van der Waals surface area contributed by atoms with Crippen molar-refractivity contribution in [2.75, 3.05) is 32.0 Å². The molecule has 2 fully saturated rings. The molecule has 4 heteroatoms. The van der Waals surface area contributed by atoms with Crippen LogP contribution >= 0.6 is 11.8 Å². The Balaban J connectivity index is 1.75. The quantitative estimate of drug-likeness (QED) is 0.813. The van der Waals surface area contributed by atoms with Crippen LogP contribution in [0.4, 0.5) is 0 Å². The first-order valence-corrected chi connectivity index (χ1v) is 8.77. The van der Waals surface area contributed by atoms with Gasteiger partial charge < -0.3 is 14.7 Å². The van der Waals surface area contributed by atoms with Gasteiger partial charge in [0.2, 0.25) is 0 Å². The monoisotopic (exact) mass is 287 g/mol. The van der Waals surface area contributed by atoms with E-state index >= 15 is 0 Å². The van der Waals surface area contributed by atoms with Crippen molar-refractivity contribution in [2.45, 2.75) is 57.5 Å². The summed E-state index contributed by atoms with van der Waals surface area (Å²) in [7, 11) is 0. The van der Waals surface area contributed by atoms with Crippen molar-refractivity contribution in [1.29, 1.82) is 0 Å². The maximum absolute atomic E-state index is 10.2. The predicted molar refractivity (Wildman–Crippen MR) is 81.7 cm³/mol. The fourth-order valence-corrected chi connectivity index (χ4v) is 4.26. The number of hydrogen-bond donors (Lipinski definition) is 1. The zero-order valence-electron chi connectivity index (χ0n) is 12.6. The van der Waals surface area contributed by atoms with E-state index in [2.05, 4.69) is 25.7 Å². The topological polar surface area (TPSA) is 32.7 Å². The average Bonchev–Trinajstić information content (AvgIpc) is 2.39. The van der Waals surface area contributed by atoms with Crippen LogP contribution in [0.15, 0.2) is 0 Å². The van der Waals surface area contributed by atoms with Gasteiger partial charge in [-0.25, -0.2) is 0 Å². The molecule has 1 aliphatic carbocycles. The van der Waals surface area contributed by atoms with Crippen LogP contribution in [0, 0.1) is 5.41 Å². The molecule has 2 rings (SSSR count). The molecule has 1 spiro atoms. The van der Waals surface area contributed by atoms with Crippen LogP contribution in [-0.4, -0.2) is 59.5 Å². The third-order valence-electron chi connectivity index (χ3n) is 4.76. The molecule has 2 aliphatic rings. The zero-order valence-corrected chi connectivity index (χ0v) is 13.4. The van der Waals surface area contributed by atoms with E-state index in [9.17, 15) is 5.11 Å². The highest BCUT2D eigenvalue weighted by atomic mass is 32.2. The Morgan fingerprint density at radius 1 is 1.37 bits per heavy atom. The summed E-state index contributed by atoms with van der Waals surface area (Å²) in [6.45, 7) is 10.8. The highest BCUT2D eigenvalue weighted by molar-refractivity contribution is 7.99. The molecule has 0 unspecified atom stereocenters. The third kappa shape index (κ3) is 3.46. The lowest BCUT2D eigenvalue weighted by Gasteiger charge is -2.56. The Kier molecular flexibility index (Phi) is 5.58. The molecule has 0 bridgehead atoms. The molecule has 2 atom stereocenters. The highest BCUT2D eigenvalue weighted by Gasteiger charge is 2.55. The van der Waals surface area contributed by atoms with Gasteiger partial charge in [-0.2, -0.15) is 11.8 Å². The van der Waals surface area contributed by atoms with E-state index in [1.807, 2.05) is 11.8 Å². The lowest BCUT2D eigenvalue weighted by Crippen LogP contribution is -2.62. The smallest absolute Gasteiger partial charge is 0.0681 e. The Labute approximate surface area is 122 Å². The molecule has 1 saturated carbocycles. The Bertz CT molecular complexity index is 275. The summed E-state index contributed by atoms with van der Waals surface area (Å²) >= 11 is 2.04. The summed E-state index contributed by atoms with van der Waals surface area (Å²) in [6, 6.07) is 0. The van der Waals surface area contributed by atoms with Crippen molar-refractivity contribution in [3.63, 3.8) is 0 Å². The van der Waals surface area contributed by atoms with E-state index in [-0.39, 0.29) is 11.5 Å². The summed E-state index contributed by atoms with van der Waals surface area (Å²) < 4.78 is 5.81. The highest BCUT2D eigenvalue weighted by Crippen LogP contribution is 2.50. The van der Waals surface area contributed by atoms with Gasteiger partial charge in [0.1, 0.15) is 0 Å². The molecule has 112 valence electrons. The molecular weight excluding hydrogens is 258 g/mol. The number of hydrogen-bond acceptors (Lipinski definition) is 4. The molecule has 0 aromatic heterocycles. The summed E-state index contributed by atoms with van der Waals surface area (Å²) in [5.74, 6) is 1.22. The van der Waals surface area contributed by atoms with E-state index in [1.165, 1.54) is 12.3 Å². The van der Waals surface area contributed by atoms with Crippen LogP contribution in [0.1, 0.15) is 40.0 Å². The van der Waals surface area contributed by atoms with Gasteiger partial charge in [-0.3, -0.25) is 0 Å². The van der Waals surface area contributed by atoms with E-state index in [1.54, 1.807) is 0 Å². The Hall–Kier alpha value is 0.230. The van der Waals surface area contributed by atoms with Crippen molar-refractivity contribution < 1.29 is 9.84 Å². The van der Waals surface area contributed by atoms with Crippen molar-refractivity contribution >= 4 is 11.8 Å². The predicted octanol–water partition coefficient (Wildman–Crippen LogP) is 2.38. The lowest BCUT2D eigenvalue weighted by molar-refractivity contribution is -0.209. The number of aliphatic hydroxyl groups excluding tert-OH is 1. The van der Waals surface area contributed by atoms with Crippen LogP contribution in [0.3, 0.4) is 0 Å². The summed E-state index contributed by atoms with van der Waals surface area (Å²) in [5, 5.41) is 10.9. The van der Waals surface area contributed by atoms with Crippen molar-refractivity contribution in [2.24, 2.45) is 5.41 Å². The molecule has 3 nitrogen and oxygen atoms in total. The van der Waals surface area contributed by atoms with Gasteiger partial charge >= 0.3 is 0 Å². The number of piperidine rings is 1.